The predicted octanol–water partition coefficient (Wildman–Crippen LogP) is 2.39. The quantitative estimate of drug-likeness (QED) is 0.787. The van der Waals surface area contributed by atoms with E-state index in [9.17, 15) is 18.4 Å². The lowest BCUT2D eigenvalue weighted by Gasteiger charge is -2.35. The lowest BCUT2D eigenvalue weighted by atomic mass is 10.0. The Morgan fingerprint density at radius 3 is 2.55 bits per heavy atom. The molecule has 1 aromatic heterocycles. The minimum Gasteiger partial charge on any atom is -0.379 e. The first-order valence-electron chi connectivity index (χ1n) is 10.6. The van der Waals surface area contributed by atoms with E-state index in [0.717, 1.165) is 18.6 Å². The summed E-state index contributed by atoms with van der Waals surface area (Å²) in [4.78, 5) is 32.2. The Morgan fingerprint density at radius 1 is 1.13 bits per heavy atom. The third kappa shape index (κ3) is 4.19. The van der Waals surface area contributed by atoms with Crippen LogP contribution in [0.2, 0.25) is 0 Å². The number of halogens is 2. The minimum absolute atomic E-state index is 0.0905. The fourth-order valence-corrected chi connectivity index (χ4v) is 3.90. The largest absolute Gasteiger partial charge is 0.379 e. The van der Waals surface area contributed by atoms with Crippen LogP contribution in [0.25, 0.3) is 11.4 Å². The zero-order chi connectivity index (χ0) is 22.1. The highest BCUT2D eigenvalue weighted by atomic mass is 19.2. The molecule has 0 saturated carbocycles. The zero-order valence-electron chi connectivity index (χ0n) is 17.7. The van der Waals surface area contributed by atoms with Gasteiger partial charge in [-0.05, 0) is 30.5 Å². The summed E-state index contributed by atoms with van der Waals surface area (Å²) in [5, 5.41) is 2.86. The van der Waals surface area contributed by atoms with E-state index in [4.69, 9.17) is 4.74 Å². The van der Waals surface area contributed by atoms with Crippen molar-refractivity contribution in [2.24, 2.45) is 5.92 Å². The van der Waals surface area contributed by atoms with E-state index in [1.165, 1.54) is 6.07 Å². The van der Waals surface area contributed by atoms with Gasteiger partial charge in [0, 0.05) is 31.6 Å². The van der Waals surface area contributed by atoms with E-state index in [0.29, 0.717) is 56.4 Å². The van der Waals surface area contributed by atoms with Crippen molar-refractivity contribution in [3.05, 3.63) is 41.2 Å². The Morgan fingerprint density at radius 2 is 1.90 bits per heavy atom. The number of nitrogens with zero attached hydrogens (tertiary/aromatic N) is 3. The molecule has 1 N–H and O–H groups in total. The molecule has 3 heterocycles. The maximum atomic E-state index is 13.8. The lowest BCUT2D eigenvalue weighted by Crippen LogP contribution is -2.55. The zero-order valence-corrected chi connectivity index (χ0v) is 17.7. The molecule has 2 aromatic rings. The molecule has 0 radical (unpaired) electrons. The van der Waals surface area contributed by atoms with Crippen LogP contribution in [-0.4, -0.2) is 58.6 Å². The van der Waals surface area contributed by atoms with Crippen molar-refractivity contribution in [2.45, 2.75) is 39.3 Å². The van der Waals surface area contributed by atoms with Gasteiger partial charge in [-0.3, -0.25) is 9.59 Å². The first-order chi connectivity index (χ1) is 14.9. The van der Waals surface area contributed by atoms with Crippen LogP contribution in [0.5, 0.6) is 0 Å². The second-order valence-corrected chi connectivity index (χ2v) is 8.25. The van der Waals surface area contributed by atoms with Crippen molar-refractivity contribution < 1.29 is 23.1 Å². The Kier molecular flexibility index (Phi) is 6.04. The molecular weight excluding hydrogens is 406 g/mol. The van der Waals surface area contributed by atoms with Crippen molar-refractivity contribution in [2.75, 3.05) is 26.3 Å². The third-order valence-electron chi connectivity index (χ3n) is 5.79. The Hall–Kier alpha value is -2.81. The van der Waals surface area contributed by atoms with Gasteiger partial charge in [-0.25, -0.2) is 13.8 Å². The molecule has 7 nitrogen and oxygen atoms in total. The van der Waals surface area contributed by atoms with Crippen LogP contribution in [0.1, 0.15) is 36.5 Å². The summed E-state index contributed by atoms with van der Waals surface area (Å²) in [6, 6.07) is 2.90. The highest BCUT2D eigenvalue weighted by Crippen LogP contribution is 2.26. The number of likely N-dealkylation sites (tertiary alicyclic amines) is 1. The molecule has 1 aromatic carbocycles. The maximum Gasteiger partial charge on any atom is 0.272 e. The molecule has 1 unspecified atom stereocenters. The molecule has 1 saturated heterocycles. The summed E-state index contributed by atoms with van der Waals surface area (Å²) in [6.45, 7) is 6.45. The molecule has 0 spiro atoms. The number of ether oxygens (including phenoxy) is 1. The number of hydrogen-bond acceptors (Lipinski definition) is 4. The van der Waals surface area contributed by atoms with E-state index < -0.39 is 23.6 Å². The van der Waals surface area contributed by atoms with Crippen LogP contribution < -0.4 is 5.32 Å². The van der Waals surface area contributed by atoms with Crippen molar-refractivity contribution in [1.82, 2.24) is 19.8 Å². The van der Waals surface area contributed by atoms with E-state index in [2.05, 4.69) is 10.3 Å². The summed E-state index contributed by atoms with van der Waals surface area (Å²) >= 11 is 0. The van der Waals surface area contributed by atoms with Crippen molar-refractivity contribution in [1.29, 1.82) is 0 Å². The highest BCUT2D eigenvalue weighted by Gasteiger charge is 2.33. The first-order valence-corrected chi connectivity index (χ1v) is 10.6. The first kappa shape index (κ1) is 21.4. The van der Waals surface area contributed by atoms with Crippen molar-refractivity contribution in [3.63, 3.8) is 0 Å². The molecule has 2 aliphatic rings. The lowest BCUT2D eigenvalue weighted by molar-refractivity contribution is -0.137. The predicted molar refractivity (Wildman–Crippen MR) is 109 cm³/mol. The number of fused-ring (bicyclic) bond motifs is 1. The fraction of sp³-hybridized carbons (Fsp3) is 0.500. The van der Waals surface area contributed by atoms with E-state index in [1.807, 2.05) is 18.4 Å². The molecule has 9 heteroatoms. The summed E-state index contributed by atoms with van der Waals surface area (Å²) in [5.41, 5.74) is 1.22. The van der Waals surface area contributed by atoms with Crippen LogP contribution in [0.4, 0.5) is 8.78 Å². The number of rotatable bonds is 5. The maximum absolute atomic E-state index is 13.8. The SMILES string of the molecule is CC(C)C(NC(=O)c1nc(-c2ccc(F)c(F)c2)n2c1CCOCC2)C(=O)N1CCC1. The van der Waals surface area contributed by atoms with Gasteiger partial charge >= 0.3 is 0 Å². The van der Waals surface area contributed by atoms with Gasteiger partial charge < -0.3 is 19.5 Å². The molecule has 1 atom stereocenters. The topological polar surface area (TPSA) is 76.5 Å². The van der Waals surface area contributed by atoms with Crippen molar-refractivity contribution in [3.8, 4) is 11.4 Å². The van der Waals surface area contributed by atoms with E-state index in [-0.39, 0.29) is 17.5 Å². The second kappa shape index (κ2) is 8.74. The monoisotopic (exact) mass is 432 g/mol. The van der Waals surface area contributed by atoms with E-state index in [1.54, 1.807) is 4.90 Å². The molecule has 166 valence electrons. The van der Waals surface area contributed by atoms with Crippen LogP contribution >= 0.6 is 0 Å². The van der Waals surface area contributed by atoms with Gasteiger partial charge in [0.05, 0.1) is 18.9 Å². The average Bonchev–Trinajstić information content (AvgIpc) is 2.88. The van der Waals surface area contributed by atoms with Gasteiger partial charge in [0.1, 0.15) is 17.6 Å². The fourth-order valence-electron chi connectivity index (χ4n) is 3.90. The number of amides is 2. The number of carbonyl (C=O) groups is 2. The summed E-state index contributed by atoms with van der Waals surface area (Å²) in [6.07, 6.45) is 1.42. The molecule has 4 rings (SSSR count). The number of hydrogen-bond donors (Lipinski definition) is 1. The van der Waals surface area contributed by atoms with Gasteiger partial charge in [0.2, 0.25) is 5.91 Å². The van der Waals surface area contributed by atoms with Gasteiger partial charge in [-0.2, -0.15) is 0 Å². The Balaban J connectivity index is 1.68. The van der Waals surface area contributed by atoms with Gasteiger partial charge in [-0.1, -0.05) is 13.8 Å². The van der Waals surface area contributed by atoms with Crippen LogP contribution in [0.3, 0.4) is 0 Å². The van der Waals surface area contributed by atoms with Gasteiger partial charge in [0.25, 0.3) is 5.91 Å². The standard InChI is InChI=1S/C22H26F2N4O3/c1-13(2)18(22(30)27-7-3-8-27)26-21(29)19-17-6-10-31-11-9-28(17)20(25-19)14-4-5-15(23)16(24)12-14/h4-5,12-13,18H,3,6-11H2,1-2H3,(H,26,29). The van der Waals surface area contributed by atoms with Crippen molar-refractivity contribution >= 4 is 11.8 Å². The molecule has 0 bridgehead atoms. The number of nitrogens with one attached hydrogen (secondary N) is 1. The number of benzene rings is 1. The molecule has 31 heavy (non-hydrogen) atoms. The Labute approximate surface area is 179 Å². The highest BCUT2D eigenvalue weighted by molar-refractivity contribution is 5.97. The number of aromatic nitrogens is 2. The molecule has 1 fully saturated rings. The van der Waals surface area contributed by atoms with E-state index >= 15 is 0 Å². The minimum atomic E-state index is -0.981. The summed E-state index contributed by atoms with van der Waals surface area (Å²) in [7, 11) is 0. The normalized spacial score (nSPS) is 17.0. The molecular formula is C22H26F2N4O3. The van der Waals surface area contributed by atoms with Crippen LogP contribution in [0.15, 0.2) is 18.2 Å². The molecule has 0 aliphatic carbocycles. The van der Waals surface area contributed by atoms with Gasteiger partial charge in [-0.15, -0.1) is 0 Å². The smallest absolute Gasteiger partial charge is 0.272 e. The molecule has 2 amide bonds. The molecule has 2 aliphatic heterocycles. The van der Waals surface area contributed by atoms with Crippen LogP contribution in [-0.2, 0) is 22.5 Å². The third-order valence-corrected chi connectivity index (χ3v) is 5.79. The number of carbonyl (C=O) groups excluding carboxylic acids is 2. The van der Waals surface area contributed by atoms with Gasteiger partial charge in [0.15, 0.2) is 11.6 Å². The average molecular weight is 432 g/mol. The summed E-state index contributed by atoms with van der Waals surface area (Å²) < 4.78 is 34.6. The number of imidazole rings is 1. The summed E-state index contributed by atoms with van der Waals surface area (Å²) in [5.74, 6) is -2.19. The second-order valence-electron chi connectivity index (χ2n) is 8.25. The van der Waals surface area contributed by atoms with Crippen LogP contribution in [0, 0.1) is 17.6 Å². The Bertz CT molecular complexity index is 1000.